The fourth-order valence-electron chi connectivity index (χ4n) is 3.78. The first-order valence-electron chi connectivity index (χ1n) is 11.7. The number of carbonyl (C=O) groups excluding carboxylic acids is 1. The number of nitrogens with one attached hydrogen (secondary N) is 1. The quantitative estimate of drug-likeness (QED) is 0.445. The SMILES string of the molecule is CCCCO[C@@H]1[C@@H](OCCCC)CO[C@@H]1C(=O)Nc1c(C(C)C)cccc1C(C)C. The zero-order chi connectivity index (χ0) is 22.1. The Balaban J connectivity index is 2.19. The molecule has 5 heteroatoms. The number of hydrogen-bond acceptors (Lipinski definition) is 4. The molecule has 1 heterocycles. The molecule has 5 nitrogen and oxygen atoms in total. The highest BCUT2D eigenvalue weighted by atomic mass is 16.6. The highest BCUT2D eigenvalue weighted by molar-refractivity contribution is 5.96. The van der Waals surface area contributed by atoms with Gasteiger partial charge in [0, 0.05) is 18.9 Å². The second-order valence-electron chi connectivity index (χ2n) is 8.82. The Morgan fingerprint density at radius 3 is 2.13 bits per heavy atom. The van der Waals surface area contributed by atoms with E-state index in [9.17, 15) is 4.79 Å². The second-order valence-corrected chi connectivity index (χ2v) is 8.82. The molecule has 1 saturated heterocycles. The molecule has 170 valence electrons. The molecule has 0 radical (unpaired) electrons. The molecule has 1 aromatic rings. The molecule has 0 aromatic heterocycles. The molecule has 1 aliphatic rings. The minimum atomic E-state index is -0.659. The van der Waals surface area contributed by atoms with Gasteiger partial charge in [0.05, 0.1) is 6.61 Å². The number of rotatable bonds is 12. The van der Waals surface area contributed by atoms with Crippen LogP contribution in [0.25, 0.3) is 0 Å². The topological polar surface area (TPSA) is 56.8 Å². The Bertz CT molecular complexity index is 632. The van der Waals surface area contributed by atoms with Crippen molar-refractivity contribution in [3.8, 4) is 0 Å². The van der Waals surface area contributed by atoms with Gasteiger partial charge >= 0.3 is 0 Å². The van der Waals surface area contributed by atoms with Crippen molar-refractivity contribution < 1.29 is 19.0 Å². The Morgan fingerprint density at radius 2 is 1.60 bits per heavy atom. The van der Waals surface area contributed by atoms with Crippen LogP contribution in [0, 0.1) is 0 Å². The summed E-state index contributed by atoms with van der Waals surface area (Å²) in [5.41, 5.74) is 3.21. The van der Waals surface area contributed by atoms with E-state index >= 15 is 0 Å². The predicted molar refractivity (Wildman–Crippen MR) is 122 cm³/mol. The molecule has 0 bridgehead atoms. The van der Waals surface area contributed by atoms with Crippen molar-refractivity contribution in [1.82, 2.24) is 0 Å². The summed E-state index contributed by atoms with van der Waals surface area (Å²) in [7, 11) is 0. The summed E-state index contributed by atoms with van der Waals surface area (Å²) >= 11 is 0. The molecule has 0 aliphatic carbocycles. The first-order valence-corrected chi connectivity index (χ1v) is 11.7. The largest absolute Gasteiger partial charge is 0.373 e. The molecular formula is C25H41NO4. The van der Waals surface area contributed by atoms with E-state index in [1.165, 1.54) is 0 Å². The molecule has 0 unspecified atom stereocenters. The van der Waals surface area contributed by atoms with E-state index in [-0.39, 0.29) is 18.1 Å². The normalized spacial score (nSPS) is 21.5. The van der Waals surface area contributed by atoms with Crippen LogP contribution in [0.15, 0.2) is 18.2 Å². The van der Waals surface area contributed by atoms with E-state index in [4.69, 9.17) is 14.2 Å². The van der Waals surface area contributed by atoms with Gasteiger partial charge in [0.1, 0.15) is 12.2 Å². The molecule has 1 aromatic carbocycles. The van der Waals surface area contributed by atoms with Gasteiger partial charge in [0.2, 0.25) is 0 Å². The summed E-state index contributed by atoms with van der Waals surface area (Å²) in [5.74, 6) is 0.475. The van der Waals surface area contributed by atoms with Crippen LogP contribution < -0.4 is 5.32 Å². The van der Waals surface area contributed by atoms with Crippen molar-refractivity contribution in [2.24, 2.45) is 0 Å². The minimum absolute atomic E-state index is 0.145. The van der Waals surface area contributed by atoms with Crippen molar-refractivity contribution >= 4 is 11.6 Å². The van der Waals surface area contributed by atoms with Crippen molar-refractivity contribution in [1.29, 1.82) is 0 Å². The number of ether oxygens (including phenoxy) is 3. The fraction of sp³-hybridized carbons (Fsp3) is 0.720. The molecule has 2 rings (SSSR count). The van der Waals surface area contributed by atoms with Crippen LogP contribution in [0.3, 0.4) is 0 Å². The Kier molecular flexibility index (Phi) is 10.3. The van der Waals surface area contributed by atoms with E-state index < -0.39 is 6.10 Å². The van der Waals surface area contributed by atoms with Gasteiger partial charge in [-0.1, -0.05) is 72.6 Å². The zero-order valence-electron chi connectivity index (χ0n) is 19.7. The van der Waals surface area contributed by atoms with Gasteiger partial charge in [-0.3, -0.25) is 4.79 Å². The number of unbranched alkanes of at least 4 members (excludes halogenated alkanes) is 2. The number of amides is 1. The first-order chi connectivity index (χ1) is 14.4. The maximum Gasteiger partial charge on any atom is 0.256 e. The smallest absolute Gasteiger partial charge is 0.256 e. The lowest BCUT2D eigenvalue weighted by molar-refractivity contribution is -0.131. The third kappa shape index (κ3) is 6.53. The summed E-state index contributed by atoms with van der Waals surface area (Å²) in [4.78, 5) is 13.3. The maximum atomic E-state index is 13.3. The van der Waals surface area contributed by atoms with E-state index in [0.717, 1.165) is 42.5 Å². The summed E-state index contributed by atoms with van der Waals surface area (Å²) < 4.78 is 18.0. The molecule has 0 saturated carbocycles. The third-order valence-corrected chi connectivity index (χ3v) is 5.62. The van der Waals surface area contributed by atoms with E-state index in [1.807, 2.05) is 0 Å². The van der Waals surface area contributed by atoms with Crippen LogP contribution in [0.5, 0.6) is 0 Å². The monoisotopic (exact) mass is 419 g/mol. The van der Waals surface area contributed by atoms with Crippen LogP contribution in [-0.4, -0.2) is 44.0 Å². The van der Waals surface area contributed by atoms with E-state index in [1.54, 1.807) is 0 Å². The molecule has 30 heavy (non-hydrogen) atoms. The summed E-state index contributed by atoms with van der Waals surface area (Å²) in [6.45, 7) is 14.5. The van der Waals surface area contributed by atoms with Gasteiger partial charge in [-0.25, -0.2) is 0 Å². The highest BCUT2D eigenvalue weighted by Crippen LogP contribution is 2.33. The number of carbonyl (C=O) groups is 1. The van der Waals surface area contributed by atoms with Crippen LogP contribution in [0.1, 0.15) is 90.2 Å². The number of anilines is 1. The van der Waals surface area contributed by atoms with Gasteiger partial charge in [-0.15, -0.1) is 0 Å². The van der Waals surface area contributed by atoms with Crippen LogP contribution in [0.2, 0.25) is 0 Å². The van der Waals surface area contributed by atoms with Crippen molar-refractivity contribution in [3.63, 3.8) is 0 Å². The zero-order valence-corrected chi connectivity index (χ0v) is 19.7. The summed E-state index contributed by atoms with van der Waals surface area (Å²) in [5, 5.41) is 3.19. The second kappa shape index (κ2) is 12.4. The average Bonchev–Trinajstić information content (AvgIpc) is 3.11. The third-order valence-electron chi connectivity index (χ3n) is 5.62. The number of benzene rings is 1. The summed E-state index contributed by atoms with van der Waals surface area (Å²) in [6, 6.07) is 6.25. The van der Waals surface area contributed by atoms with Gasteiger partial charge < -0.3 is 19.5 Å². The Morgan fingerprint density at radius 1 is 1.03 bits per heavy atom. The van der Waals surface area contributed by atoms with Gasteiger partial charge in [-0.2, -0.15) is 0 Å². The molecule has 1 aliphatic heterocycles. The predicted octanol–water partition coefficient (Wildman–Crippen LogP) is 5.64. The van der Waals surface area contributed by atoms with Crippen LogP contribution >= 0.6 is 0 Å². The van der Waals surface area contributed by atoms with Crippen molar-refractivity contribution in [3.05, 3.63) is 29.3 Å². The van der Waals surface area contributed by atoms with Crippen LogP contribution in [-0.2, 0) is 19.0 Å². The lowest BCUT2D eigenvalue weighted by Gasteiger charge is -2.25. The molecule has 1 fully saturated rings. The van der Waals surface area contributed by atoms with E-state index in [2.05, 4.69) is 65.1 Å². The van der Waals surface area contributed by atoms with Crippen LogP contribution in [0.4, 0.5) is 5.69 Å². The number of hydrogen-bond donors (Lipinski definition) is 1. The van der Waals surface area contributed by atoms with Gasteiger partial charge in [-0.05, 0) is 35.8 Å². The van der Waals surface area contributed by atoms with Gasteiger partial charge in [0.25, 0.3) is 5.91 Å². The lowest BCUT2D eigenvalue weighted by atomic mass is 9.92. The Labute approximate surface area is 182 Å². The van der Waals surface area contributed by atoms with Crippen molar-refractivity contribution in [2.75, 3.05) is 25.1 Å². The Hall–Kier alpha value is -1.43. The van der Waals surface area contributed by atoms with Gasteiger partial charge in [0.15, 0.2) is 6.10 Å². The molecule has 3 atom stereocenters. The minimum Gasteiger partial charge on any atom is -0.373 e. The van der Waals surface area contributed by atoms with E-state index in [0.29, 0.717) is 31.7 Å². The average molecular weight is 420 g/mol. The maximum absolute atomic E-state index is 13.3. The molecule has 1 N–H and O–H groups in total. The number of para-hydroxylation sites is 1. The molecular weight excluding hydrogens is 378 g/mol. The lowest BCUT2D eigenvalue weighted by Crippen LogP contribution is -2.42. The fourth-order valence-corrected chi connectivity index (χ4v) is 3.78. The van der Waals surface area contributed by atoms with Crippen molar-refractivity contribution in [2.45, 2.75) is 97.4 Å². The highest BCUT2D eigenvalue weighted by Gasteiger charge is 2.43. The summed E-state index contributed by atoms with van der Waals surface area (Å²) in [6.07, 6.45) is 2.84. The standard InChI is InChI=1S/C25H41NO4/c1-7-9-14-28-21-16-30-24(23(21)29-15-10-8-2)25(27)26-22-19(17(3)4)12-11-13-20(22)18(5)6/h11-13,17-18,21,23-24H,7-10,14-16H2,1-6H3,(H,26,27)/t21-,23+,24-/m0/s1. The molecule has 1 amide bonds. The molecule has 0 spiro atoms. The first kappa shape index (κ1) is 24.8.